The van der Waals surface area contributed by atoms with Crippen LogP contribution in [0, 0.1) is 5.41 Å². The largest absolute Gasteiger partial charge is 0.306 e. The molecule has 0 bridgehead atoms. The number of nitrogens with zero attached hydrogens (tertiary/aromatic N) is 3. The highest BCUT2D eigenvalue weighted by Gasteiger charge is 2.06. The third kappa shape index (κ3) is 6.29. The first-order valence-electron chi connectivity index (χ1n) is 8.23. The van der Waals surface area contributed by atoms with Gasteiger partial charge in [0.25, 0.3) is 0 Å². The molecule has 1 rings (SSSR count). The molecule has 4 nitrogen and oxygen atoms in total. The average molecular weight is 356 g/mol. The van der Waals surface area contributed by atoms with Gasteiger partial charge in [-0.1, -0.05) is 62.7 Å². The van der Waals surface area contributed by atoms with E-state index in [4.69, 9.17) is 5.41 Å². The normalized spacial score (nSPS) is 13.4. The van der Waals surface area contributed by atoms with Gasteiger partial charge < -0.3 is 5.41 Å². The number of rotatable bonds is 10. The molecule has 0 fully saturated rings. The van der Waals surface area contributed by atoms with Crippen LogP contribution in [0.1, 0.15) is 11.1 Å². The average Bonchev–Trinajstić information content (AvgIpc) is 2.70. The second-order valence-electron chi connectivity index (χ2n) is 5.15. The van der Waals surface area contributed by atoms with Crippen LogP contribution < -0.4 is 0 Å². The number of nitrogens with one attached hydrogen (secondary N) is 1. The van der Waals surface area contributed by atoms with E-state index in [1.807, 2.05) is 36.4 Å². The second-order valence-corrected chi connectivity index (χ2v) is 5.15. The van der Waals surface area contributed by atoms with Crippen molar-refractivity contribution < 1.29 is 0 Å². The van der Waals surface area contributed by atoms with Gasteiger partial charge in [-0.05, 0) is 23.3 Å². The van der Waals surface area contributed by atoms with Gasteiger partial charge in [0.1, 0.15) is 0 Å². The van der Waals surface area contributed by atoms with Gasteiger partial charge in [0, 0.05) is 36.8 Å². The van der Waals surface area contributed by atoms with Crippen LogP contribution in [0.5, 0.6) is 0 Å². The van der Waals surface area contributed by atoms with Crippen LogP contribution in [0.2, 0.25) is 0 Å². The van der Waals surface area contributed by atoms with Gasteiger partial charge in [-0.15, -0.1) is 0 Å². The molecule has 0 radical (unpaired) electrons. The molecule has 0 aromatic heterocycles. The van der Waals surface area contributed by atoms with Crippen molar-refractivity contribution in [2.45, 2.75) is 0 Å². The Bertz CT molecular complexity index is 877. The number of hydrogen-bond acceptors (Lipinski definition) is 4. The van der Waals surface area contributed by atoms with Crippen molar-refractivity contribution in [2.75, 3.05) is 7.05 Å². The summed E-state index contributed by atoms with van der Waals surface area (Å²) in [6, 6.07) is 7.75. The molecule has 0 heterocycles. The summed E-state index contributed by atoms with van der Waals surface area (Å²) in [5.41, 5.74) is 4.72. The summed E-state index contributed by atoms with van der Waals surface area (Å²) >= 11 is 0. The molecule has 27 heavy (non-hydrogen) atoms. The Balaban J connectivity index is 3.49. The van der Waals surface area contributed by atoms with Crippen molar-refractivity contribution in [1.82, 2.24) is 0 Å². The molecule has 4 heteroatoms. The van der Waals surface area contributed by atoms with Gasteiger partial charge in [0.2, 0.25) is 0 Å². The van der Waals surface area contributed by atoms with E-state index >= 15 is 0 Å². The maximum absolute atomic E-state index is 7.55. The molecular weight excluding hydrogens is 332 g/mol. The Kier molecular flexibility index (Phi) is 9.36. The van der Waals surface area contributed by atoms with Gasteiger partial charge in [-0.3, -0.25) is 15.0 Å². The molecule has 0 saturated heterocycles. The van der Waals surface area contributed by atoms with Gasteiger partial charge in [-0.25, -0.2) is 0 Å². The van der Waals surface area contributed by atoms with E-state index in [-0.39, 0.29) is 0 Å². The van der Waals surface area contributed by atoms with E-state index < -0.39 is 0 Å². The molecule has 136 valence electrons. The molecule has 1 aromatic carbocycles. The molecule has 0 spiro atoms. The van der Waals surface area contributed by atoms with E-state index in [9.17, 15) is 0 Å². The minimum atomic E-state index is 0.534. The molecular formula is C23H24N4. The van der Waals surface area contributed by atoms with Gasteiger partial charge in [-0.2, -0.15) is 0 Å². The smallest absolute Gasteiger partial charge is 0.0877 e. The SMILES string of the molecule is C=C/C=C(\C=C(/C=C)C(C=NC=C)=NC)c1cccc(C(C=N)=NC=C)c1. The molecule has 0 atom stereocenters. The first-order chi connectivity index (χ1) is 13.1. The van der Waals surface area contributed by atoms with Crippen LogP contribution in [0.4, 0.5) is 0 Å². The van der Waals surface area contributed by atoms with Crippen molar-refractivity contribution in [3.63, 3.8) is 0 Å². The molecule has 0 amide bonds. The molecule has 1 aromatic rings. The van der Waals surface area contributed by atoms with E-state index in [0.29, 0.717) is 11.4 Å². The summed E-state index contributed by atoms with van der Waals surface area (Å²) in [5, 5.41) is 7.55. The van der Waals surface area contributed by atoms with Crippen LogP contribution in [-0.2, 0) is 0 Å². The minimum absolute atomic E-state index is 0.534. The summed E-state index contributed by atoms with van der Waals surface area (Å²) in [6.07, 6.45) is 13.0. The van der Waals surface area contributed by atoms with Crippen molar-refractivity contribution in [3.8, 4) is 0 Å². The number of aliphatic imine (C=N–C) groups is 3. The first kappa shape index (κ1) is 21.4. The standard InChI is InChI=1S/C23H24N4/c1-6-11-19(14-18(7-2)23(25-5)17-26-8-3)20-12-10-13-21(15-20)22(16-24)27-9-4/h6-17,24H,1-4H2,5H3/b18-14+,19-11+,24-16?,25-23?,26-17?,27-22?. The maximum Gasteiger partial charge on any atom is 0.0877 e. The Morgan fingerprint density at radius 3 is 2.37 bits per heavy atom. The maximum atomic E-state index is 7.55. The van der Waals surface area contributed by atoms with E-state index in [1.54, 1.807) is 25.4 Å². The molecule has 0 aliphatic heterocycles. The topological polar surface area (TPSA) is 60.9 Å². The van der Waals surface area contributed by atoms with Crippen LogP contribution >= 0.6 is 0 Å². The van der Waals surface area contributed by atoms with Crippen LogP contribution in [0.25, 0.3) is 5.57 Å². The quantitative estimate of drug-likeness (QED) is 0.440. The fourth-order valence-electron chi connectivity index (χ4n) is 2.30. The zero-order chi connectivity index (χ0) is 20.1. The van der Waals surface area contributed by atoms with Crippen molar-refractivity contribution >= 4 is 29.4 Å². The number of allylic oxidation sites excluding steroid dienone is 6. The summed E-state index contributed by atoms with van der Waals surface area (Å²) in [7, 11) is 1.70. The van der Waals surface area contributed by atoms with Gasteiger partial charge in [0.15, 0.2) is 0 Å². The molecule has 0 saturated carbocycles. The number of hydrogen-bond donors (Lipinski definition) is 1. The van der Waals surface area contributed by atoms with Crippen LogP contribution in [0.3, 0.4) is 0 Å². The first-order valence-corrected chi connectivity index (χ1v) is 8.23. The zero-order valence-corrected chi connectivity index (χ0v) is 15.6. The van der Waals surface area contributed by atoms with Crippen molar-refractivity contribution in [3.05, 3.63) is 104 Å². The third-order valence-electron chi connectivity index (χ3n) is 3.53. The second kappa shape index (κ2) is 11.8. The Morgan fingerprint density at radius 2 is 1.81 bits per heavy atom. The third-order valence-corrected chi connectivity index (χ3v) is 3.53. The van der Waals surface area contributed by atoms with E-state index in [1.165, 1.54) is 18.6 Å². The minimum Gasteiger partial charge on any atom is -0.306 e. The van der Waals surface area contributed by atoms with Gasteiger partial charge >= 0.3 is 0 Å². The van der Waals surface area contributed by atoms with Crippen LogP contribution in [0.15, 0.2) is 108 Å². The lowest BCUT2D eigenvalue weighted by molar-refractivity contribution is 1.45. The molecule has 0 aliphatic carbocycles. The van der Waals surface area contributed by atoms with Crippen molar-refractivity contribution in [2.24, 2.45) is 15.0 Å². The highest BCUT2D eigenvalue weighted by molar-refractivity contribution is 6.39. The van der Waals surface area contributed by atoms with Gasteiger partial charge in [0.05, 0.1) is 17.6 Å². The predicted molar refractivity (Wildman–Crippen MR) is 120 cm³/mol. The lowest BCUT2D eigenvalue weighted by Crippen LogP contribution is -2.04. The lowest BCUT2D eigenvalue weighted by Gasteiger charge is -2.08. The Hall–Kier alpha value is -3.66. The fourth-order valence-corrected chi connectivity index (χ4v) is 2.30. The summed E-state index contributed by atoms with van der Waals surface area (Å²) < 4.78 is 0. The van der Waals surface area contributed by atoms with Crippen LogP contribution in [-0.4, -0.2) is 30.9 Å². The fraction of sp³-hybridized carbons (Fsp3) is 0.0435. The summed E-state index contributed by atoms with van der Waals surface area (Å²) in [5.74, 6) is 0. The summed E-state index contributed by atoms with van der Waals surface area (Å²) in [4.78, 5) is 12.4. The molecule has 1 N–H and O–H groups in total. The zero-order valence-electron chi connectivity index (χ0n) is 15.6. The summed E-state index contributed by atoms with van der Waals surface area (Å²) in [6.45, 7) is 14.9. The predicted octanol–water partition coefficient (Wildman–Crippen LogP) is 5.24. The lowest BCUT2D eigenvalue weighted by atomic mass is 9.97. The Labute approximate surface area is 161 Å². The highest BCUT2D eigenvalue weighted by atomic mass is 14.7. The van der Waals surface area contributed by atoms with E-state index in [2.05, 4.69) is 41.3 Å². The monoisotopic (exact) mass is 356 g/mol. The molecule has 0 unspecified atom stereocenters. The molecule has 0 aliphatic rings. The van der Waals surface area contributed by atoms with E-state index in [0.717, 1.165) is 22.3 Å². The Morgan fingerprint density at radius 1 is 1.07 bits per heavy atom. The number of benzene rings is 1. The van der Waals surface area contributed by atoms with Crippen molar-refractivity contribution in [1.29, 1.82) is 5.41 Å². The highest BCUT2D eigenvalue weighted by Crippen LogP contribution is 2.20.